The van der Waals surface area contributed by atoms with Gasteiger partial charge in [-0.25, -0.2) is 4.39 Å². The first-order chi connectivity index (χ1) is 19.4. The number of ether oxygens (including phenoxy) is 1. The summed E-state index contributed by atoms with van der Waals surface area (Å²) in [6, 6.07) is 8.31. The van der Waals surface area contributed by atoms with Gasteiger partial charge < -0.3 is 14.5 Å². The highest BCUT2D eigenvalue weighted by atomic mass is 32.1. The van der Waals surface area contributed by atoms with Crippen molar-refractivity contribution in [1.29, 1.82) is 0 Å². The van der Waals surface area contributed by atoms with Gasteiger partial charge in [-0.3, -0.25) is 19.3 Å². The normalized spacial score (nSPS) is 16.0. The number of Topliss-reactive ketones (excluding diaryl/α,β-unsaturated/α-hetero) is 1. The van der Waals surface area contributed by atoms with Gasteiger partial charge in [0.25, 0.3) is 0 Å². The average Bonchev–Trinajstić information content (AvgIpc) is 3.43. The Kier molecular flexibility index (Phi) is 7.57. The maximum Gasteiger partial charge on any atom is 0.224 e. The molecular formula is C29H31FN6O3S. The number of piperazine rings is 1. The Bertz CT molecular complexity index is 1540. The molecule has 2 aliphatic rings. The molecule has 4 heterocycles. The third-order valence-corrected chi connectivity index (χ3v) is 8.57. The third kappa shape index (κ3) is 6.20. The van der Waals surface area contributed by atoms with Gasteiger partial charge >= 0.3 is 0 Å². The highest BCUT2D eigenvalue weighted by Gasteiger charge is 2.24. The minimum atomic E-state index is -0.507. The Hall–Kier alpha value is -3.70. The zero-order chi connectivity index (χ0) is 27.6. The van der Waals surface area contributed by atoms with Crippen molar-refractivity contribution in [2.75, 3.05) is 33.2 Å². The number of carbonyl (C=O) groups excluding carboxylic acids is 2. The second kappa shape index (κ2) is 11.4. The van der Waals surface area contributed by atoms with E-state index in [-0.39, 0.29) is 23.9 Å². The summed E-state index contributed by atoms with van der Waals surface area (Å²) in [7, 11) is 2.06. The van der Waals surface area contributed by atoms with E-state index < -0.39 is 5.82 Å². The molecule has 4 aromatic rings. The van der Waals surface area contributed by atoms with Crippen LogP contribution >= 0.6 is 11.3 Å². The molecule has 1 aliphatic carbocycles. The van der Waals surface area contributed by atoms with Crippen molar-refractivity contribution in [3.05, 3.63) is 54.1 Å². The van der Waals surface area contributed by atoms with Crippen molar-refractivity contribution in [1.82, 2.24) is 29.8 Å². The van der Waals surface area contributed by atoms with Crippen LogP contribution in [0.3, 0.4) is 0 Å². The number of ketones is 1. The first-order valence-electron chi connectivity index (χ1n) is 13.6. The summed E-state index contributed by atoms with van der Waals surface area (Å²) in [5.41, 5.74) is 2.04. The number of hydrogen-bond donors (Lipinski definition) is 0. The number of pyridine rings is 1. The molecule has 11 heteroatoms. The molecule has 9 nitrogen and oxygen atoms in total. The molecule has 0 N–H and O–H groups in total. The van der Waals surface area contributed by atoms with Gasteiger partial charge in [0, 0.05) is 57.7 Å². The van der Waals surface area contributed by atoms with Crippen LogP contribution in [0.25, 0.3) is 20.8 Å². The van der Waals surface area contributed by atoms with Gasteiger partial charge in [-0.1, -0.05) is 11.3 Å². The Balaban J connectivity index is 1.12. The number of benzene rings is 1. The molecule has 1 saturated carbocycles. The van der Waals surface area contributed by atoms with E-state index in [9.17, 15) is 14.0 Å². The Morgan fingerprint density at radius 3 is 2.70 bits per heavy atom. The van der Waals surface area contributed by atoms with Crippen molar-refractivity contribution in [3.8, 4) is 22.1 Å². The molecule has 0 atom stereocenters. The van der Waals surface area contributed by atoms with Crippen molar-refractivity contribution in [3.63, 3.8) is 0 Å². The second-order valence-electron chi connectivity index (χ2n) is 10.7. The van der Waals surface area contributed by atoms with Crippen LogP contribution in [0.5, 0.6) is 11.5 Å². The molecule has 0 radical (unpaired) electrons. The maximum absolute atomic E-state index is 14.9. The van der Waals surface area contributed by atoms with Gasteiger partial charge in [-0.2, -0.15) is 0 Å². The molecular weight excluding hydrogens is 531 g/mol. The lowest BCUT2D eigenvalue weighted by Crippen LogP contribution is -2.47. The van der Waals surface area contributed by atoms with Crippen molar-refractivity contribution >= 4 is 33.2 Å². The molecule has 1 aromatic carbocycles. The summed E-state index contributed by atoms with van der Waals surface area (Å²) < 4.78 is 23.3. The molecule has 3 aromatic heterocycles. The number of aromatic nitrogens is 4. The molecule has 1 amide bonds. The average molecular weight is 563 g/mol. The molecule has 6 rings (SSSR count). The van der Waals surface area contributed by atoms with E-state index >= 15 is 0 Å². The third-order valence-electron chi connectivity index (χ3n) is 7.41. The standard InChI is InChI=1S/C29H31FN6O3S/c1-34-10-12-35(13-11-34)28(38)7-9-36-18-24(32-33-36)27-17-23-29(40-27)26(6-8-31-23)39-25-5-4-20(16-22(25)30)15-21(37)14-19-2-3-19/h4-6,8,16-19H,2-3,7,9-15H2,1H3. The summed E-state index contributed by atoms with van der Waals surface area (Å²) in [6.45, 7) is 3.75. The van der Waals surface area contributed by atoms with Crippen LogP contribution in [-0.4, -0.2) is 74.7 Å². The van der Waals surface area contributed by atoms with E-state index in [1.54, 1.807) is 29.1 Å². The summed E-state index contributed by atoms with van der Waals surface area (Å²) >= 11 is 1.44. The van der Waals surface area contributed by atoms with E-state index in [1.807, 2.05) is 17.2 Å². The summed E-state index contributed by atoms with van der Waals surface area (Å²) in [4.78, 5) is 34.2. The highest BCUT2D eigenvalue weighted by Crippen LogP contribution is 2.39. The molecule has 0 bridgehead atoms. The van der Waals surface area contributed by atoms with Crippen LogP contribution in [-0.2, 0) is 22.6 Å². The van der Waals surface area contributed by atoms with E-state index in [4.69, 9.17) is 4.74 Å². The fourth-order valence-corrected chi connectivity index (χ4v) is 5.88. The predicted molar refractivity (Wildman–Crippen MR) is 150 cm³/mol. The number of fused-ring (bicyclic) bond motifs is 1. The quantitative estimate of drug-likeness (QED) is 0.280. The molecule has 0 unspecified atom stereocenters. The summed E-state index contributed by atoms with van der Waals surface area (Å²) in [6.07, 6.45) is 6.88. The van der Waals surface area contributed by atoms with Gasteiger partial charge in [0.2, 0.25) is 5.91 Å². The number of thiophene rings is 1. The minimum Gasteiger partial charge on any atom is -0.453 e. The lowest BCUT2D eigenvalue weighted by molar-refractivity contribution is -0.133. The number of carbonyl (C=O) groups is 2. The lowest BCUT2D eigenvalue weighted by Gasteiger charge is -2.32. The van der Waals surface area contributed by atoms with Crippen LogP contribution in [0.15, 0.2) is 42.7 Å². The van der Waals surface area contributed by atoms with Crippen molar-refractivity contribution in [2.45, 2.75) is 38.6 Å². The van der Waals surface area contributed by atoms with Crippen molar-refractivity contribution < 1.29 is 18.7 Å². The summed E-state index contributed by atoms with van der Waals surface area (Å²) in [5, 5.41) is 8.51. The van der Waals surface area contributed by atoms with E-state index in [1.165, 1.54) is 17.4 Å². The van der Waals surface area contributed by atoms with Crippen LogP contribution in [0.4, 0.5) is 4.39 Å². The fraction of sp³-hybridized carbons (Fsp3) is 0.414. The van der Waals surface area contributed by atoms with Crippen molar-refractivity contribution in [2.24, 2.45) is 5.92 Å². The number of rotatable bonds is 10. The fourth-order valence-electron chi connectivity index (χ4n) is 4.87. The Morgan fingerprint density at radius 1 is 1.10 bits per heavy atom. The van der Waals surface area contributed by atoms with E-state index in [0.717, 1.165) is 48.6 Å². The first kappa shape index (κ1) is 26.5. The molecule has 40 heavy (non-hydrogen) atoms. The first-order valence-corrected chi connectivity index (χ1v) is 14.5. The number of nitrogens with zero attached hydrogens (tertiary/aromatic N) is 6. The molecule has 1 saturated heterocycles. The van der Waals surface area contributed by atoms with Crippen LogP contribution in [0.2, 0.25) is 0 Å². The van der Waals surface area contributed by atoms with E-state index in [0.29, 0.717) is 47.8 Å². The van der Waals surface area contributed by atoms with Gasteiger partial charge in [0.1, 0.15) is 17.2 Å². The second-order valence-corrected chi connectivity index (χ2v) is 11.7. The number of hydrogen-bond acceptors (Lipinski definition) is 8. The van der Waals surface area contributed by atoms with Gasteiger partial charge in [0.15, 0.2) is 11.6 Å². The zero-order valence-electron chi connectivity index (χ0n) is 22.4. The lowest BCUT2D eigenvalue weighted by atomic mass is 10.0. The van der Waals surface area contributed by atoms with Gasteiger partial charge in [-0.05, 0) is 49.6 Å². The zero-order valence-corrected chi connectivity index (χ0v) is 23.2. The monoisotopic (exact) mass is 562 g/mol. The largest absolute Gasteiger partial charge is 0.453 e. The molecule has 0 spiro atoms. The number of aryl methyl sites for hydroxylation is 1. The Morgan fingerprint density at radius 2 is 1.93 bits per heavy atom. The molecule has 208 valence electrons. The number of halogens is 1. The molecule has 2 fully saturated rings. The van der Waals surface area contributed by atoms with Crippen LogP contribution < -0.4 is 4.74 Å². The van der Waals surface area contributed by atoms with Crippen LogP contribution in [0, 0.1) is 11.7 Å². The van der Waals surface area contributed by atoms with Crippen LogP contribution in [0.1, 0.15) is 31.2 Å². The molecule has 1 aliphatic heterocycles. The number of likely N-dealkylation sites (N-methyl/N-ethyl adjacent to an activating group) is 1. The SMILES string of the molecule is CN1CCN(C(=O)CCn2cc(-c3cc4nccc(Oc5ccc(CC(=O)CC6CC6)cc5F)c4s3)nn2)CC1. The number of amides is 1. The minimum absolute atomic E-state index is 0.0943. The predicted octanol–water partition coefficient (Wildman–Crippen LogP) is 4.56. The van der Waals surface area contributed by atoms with E-state index in [2.05, 4.69) is 27.2 Å². The summed E-state index contributed by atoms with van der Waals surface area (Å²) in [5.74, 6) is 0.872. The smallest absolute Gasteiger partial charge is 0.224 e. The van der Waals surface area contributed by atoms with Gasteiger partial charge in [0.05, 0.1) is 27.8 Å². The highest BCUT2D eigenvalue weighted by molar-refractivity contribution is 7.22. The van der Waals surface area contributed by atoms with Gasteiger partial charge in [-0.15, -0.1) is 16.4 Å². The maximum atomic E-state index is 14.9. The Labute approximate surface area is 235 Å². The topological polar surface area (TPSA) is 93.5 Å².